The molecule has 0 saturated carbocycles. The molecule has 1 aliphatic heterocycles. The van der Waals surface area contributed by atoms with Crippen LogP contribution in [0.5, 0.6) is 0 Å². The largest absolute Gasteiger partial charge is 0.385 e. The molecule has 0 atom stereocenters. The van der Waals surface area contributed by atoms with Crippen LogP contribution >= 0.6 is 0 Å². The molecule has 0 aromatic heterocycles. The van der Waals surface area contributed by atoms with Crippen LogP contribution < -0.4 is 10.0 Å². The fourth-order valence-corrected chi connectivity index (χ4v) is 2.79. The van der Waals surface area contributed by atoms with Crippen molar-refractivity contribution in [2.45, 2.75) is 17.7 Å². The van der Waals surface area contributed by atoms with Crippen LogP contribution in [0.25, 0.3) is 0 Å². The van der Waals surface area contributed by atoms with Crippen LogP contribution in [0.4, 0.5) is 5.69 Å². The predicted octanol–water partition coefficient (Wildman–Crippen LogP) is 0.956. The summed E-state index contributed by atoms with van der Waals surface area (Å²) in [5.74, 6) is 2.25. The Morgan fingerprint density at radius 1 is 1.47 bits per heavy atom. The maximum Gasteiger partial charge on any atom is 0.241 e. The summed E-state index contributed by atoms with van der Waals surface area (Å²) in [6.07, 6.45) is 7.10. The van der Waals surface area contributed by atoms with Gasteiger partial charge in [-0.05, 0) is 30.5 Å². The van der Waals surface area contributed by atoms with Crippen LogP contribution in [0.3, 0.4) is 0 Å². The van der Waals surface area contributed by atoms with Gasteiger partial charge in [-0.3, -0.25) is 0 Å². The minimum atomic E-state index is -3.49. The van der Waals surface area contributed by atoms with Gasteiger partial charge in [0, 0.05) is 12.2 Å². The number of terminal acetylenes is 1. The Labute approximate surface area is 101 Å². The van der Waals surface area contributed by atoms with Crippen molar-refractivity contribution in [3.63, 3.8) is 0 Å². The zero-order valence-electron chi connectivity index (χ0n) is 9.36. The van der Waals surface area contributed by atoms with E-state index in [-0.39, 0.29) is 11.4 Å². The van der Waals surface area contributed by atoms with Crippen molar-refractivity contribution in [3.8, 4) is 12.3 Å². The first-order chi connectivity index (χ1) is 8.13. The Morgan fingerprint density at radius 2 is 2.29 bits per heavy atom. The van der Waals surface area contributed by atoms with Gasteiger partial charge in [-0.2, -0.15) is 4.72 Å². The molecule has 1 aliphatic rings. The molecule has 17 heavy (non-hydrogen) atoms. The van der Waals surface area contributed by atoms with E-state index in [1.807, 2.05) is 6.07 Å². The van der Waals surface area contributed by atoms with E-state index in [2.05, 4.69) is 16.0 Å². The fraction of sp³-hybridized carbons (Fsp3) is 0.333. The maximum atomic E-state index is 11.8. The molecule has 1 heterocycles. The smallest absolute Gasteiger partial charge is 0.241 e. The van der Waals surface area contributed by atoms with Crippen LogP contribution in [0, 0.1) is 12.3 Å². The van der Waals surface area contributed by atoms with E-state index in [1.54, 1.807) is 12.1 Å². The third-order valence-corrected chi connectivity index (χ3v) is 4.09. The van der Waals surface area contributed by atoms with Crippen molar-refractivity contribution in [2.75, 3.05) is 18.4 Å². The van der Waals surface area contributed by atoms with Gasteiger partial charge < -0.3 is 5.32 Å². The minimum Gasteiger partial charge on any atom is -0.385 e. The molecule has 1 aromatic rings. The summed E-state index contributed by atoms with van der Waals surface area (Å²) >= 11 is 0. The number of anilines is 1. The molecular weight excluding hydrogens is 236 g/mol. The minimum absolute atomic E-state index is 0.00679. The topological polar surface area (TPSA) is 58.2 Å². The van der Waals surface area contributed by atoms with Gasteiger partial charge in [0.25, 0.3) is 0 Å². The number of aryl methyl sites for hydroxylation is 1. The SMILES string of the molecule is C#CCNS(=O)(=O)c1ccc2c(c1)NCCC2. The van der Waals surface area contributed by atoms with Crippen LogP contribution in [0.2, 0.25) is 0 Å². The van der Waals surface area contributed by atoms with Crippen molar-refractivity contribution >= 4 is 15.7 Å². The van der Waals surface area contributed by atoms with Gasteiger partial charge in [-0.25, -0.2) is 8.42 Å². The summed E-state index contributed by atoms with van der Waals surface area (Å²) in [5, 5.41) is 3.20. The van der Waals surface area contributed by atoms with Gasteiger partial charge in [0.1, 0.15) is 0 Å². The summed E-state index contributed by atoms with van der Waals surface area (Å²) in [6, 6.07) is 5.13. The molecule has 0 spiro atoms. The Balaban J connectivity index is 2.31. The van der Waals surface area contributed by atoms with Gasteiger partial charge in [-0.1, -0.05) is 12.0 Å². The average Bonchev–Trinajstić information content (AvgIpc) is 2.36. The Morgan fingerprint density at radius 3 is 3.06 bits per heavy atom. The standard InChI is InChI=1S/C12H14N2O2S/c1-2-7-14-17(15,16)11-6-5-10-4-3-8-13-12(10)9-11/h1,5-6,9,13-14H,3-4,7-8H2. The molecule has 0 saturated heterocycles. The number of benzene rings is 1. The lowest BCUT2D eigenvalue weighted by Crippen LogP contribution is -2.24. The van der Waals surface area contributed by atoms with Gasteiger partial charge in [0.15, 0.2) is 0 Å². The van der Waals surface area contributed by atoms with Crippen molar-refractivity contribution in [3.05, 3.63) is 23.8 Å². The second-order valence-electron chi connectivity index (χ2n) is 3.88. The number of hydrogen-bond donors (Lipinski definition) is 2. The molecule has 0 amide bonds. The molecular formula is C12H14N2O2S. The number of hydrogen-bond acceptors (Lipinski definition) is 3. The van der Waals surface area contributed by atoms with Crippen molar-refractivity contribution < 1.29 is 8.42 Å². The maximum absolute atomic E-state index is 11.8. The van der Waals surface area contributed by atoms with E-state index in [0.717, 1.165) is 30.6 Å². The molecule has 90 valence electrons. The summed E-state index contributed by atoms with van der Waals surface area (Å²) in [5.41, 5.74) is 2.06. The van der Waals surface area contributed by atoms with E-state index in [9.17, 15) is 8.42 Å². The molecule has 2 rings (SSSR count). The highest BCUT2D eigenvalue weighted by molar-refractivity contribution is 7.89. The lowest BCUT2D eigenvalue weighted by atomic mass is 10.0. The first-order valence-corrected chi connectivity index (χ1v) is 6.92. The first kappa shape index (κ1) is 12.0. The average molecular weight is 250 g/mol. The highest BCUT2D eigenvalue weighted by Gasteiger charge is 2.16. The van der Waals surface area contributed by atoms with E-state index in [1.165, 1.54) is 0 Å². The van der Waals surface area contributed by atoms with Gasteiger partial charge >= 0.3 is 0 Å². The van der Waals surface area contributed by atoms with Crippen molar-refractivity contribution in [1.82, 2.24) is 4.72 Å². The monoisotopic (exact) mass is 250 g/mol. The Bertz CT molecular complexity index is 558. The molecule has 0 unspecified atom stereocenters. The molecule has 0 aliphatic carbocycles. The Hall–Kier alpha value is -1.51. The molecule has 5 heteroatoms. The van der Waals surface area contributed by atoms with E-state index in [0.29, 0.717) is 0 Å². The normalized spacial score (nSPS) is 14.5. The first-order valence-electron chi connectivity index (χ1n) is 5.43. The quantitative estimate of drug-likeness (QED) is 0.785. The summed E-state index contributed by atoms with van der Waals surface area (Å²) in [4.78, 5) is 0.251. The second-order valence-corrected chi connectivity index (χ2v) is 5.64. The predicted molar refractivity (Wildman–Crippen MR) is 67.3 cm³/mol. The lowest BCUT2D eigenvalue weighted by Gasteiger charge is -2.18. The Kier molecular flexibility index (Phi) is 3.36. The third-order valence-electron chi connectivity index (χ3n) is 2.69. The fourth-order valence-electron chi connectivity index (χ4n) is 1.83. The van der Waals surface area contributed by atoms with Crippen LogP contribution in [0.1, 0.15) is 12.0 Å². The highest BCUT2D eigenvalue weighted by Crippen LogP contribution is 2.24. The van der Waals surface area contributed by atoms with Crippen LogP contribution in [-0.4, -0.2) is 21.5 Å². The second kappa shape index (κ2) is 4.78. The molecule has 0 fully saturated rings. The van der Waals surface area contributed by atoms with Crippen molar-refractivity contribution in [2.24, 2.45) is 0 Å². The van der Waals surface area contributed by atoms with E-state index < -0.39 is 10.0 Å². The van der Waals surface area contributed by atoms with E-state index in [4.69, 9.17) is 6.42 Å². The van der Waals surface area contributed by atoms with Gasteiger partial charge in [0.05, 0.1) is 11.4 Å². The van der Waals surface area contributed by atoms with Gasteiger partial charge in [-0.15, -0.1) is 6.42 Å². The number of sulfonamides is 1. The molecule has 2 N–H and O–H groups in total. The number of fused-ring (bicyclic) bond motifs is 1. The molecule has 0 bridgehead atoms. The van der Waals surface area contributed by atoms with Crippen molar-refractivity contribution in [1.29, 1.82) is 0 Å². The zero-order chi connectivity index (χ0) is 12.3. The molecule has 4 nitrogen and oxygen atoms in total. The molecule has 1 aromatic carbocycles. The number of rotatable bonds is 3. The highest BCUT2D eigenvalue weighted by atomic mass is 32.2. The summed E-state index contributed by atoms with van der Waals surface area (Å²) in [7, 11) is -3.49. The molecule has 0 radical (unpaired) electrons. The van der Waals surface area contributed by atoms with E-state index >= 15 is 0 Å². The van der Waals surface area contributed by atoms with Gasteiger partial charge in [0.2, 0.25) is 10.0 Å². The lowest BCUT2D eigenvalue weighted by molar-refractivity contribution is 0.586. The van der Waals surface area contributed by atoms with Crippen LogP contribution in [-0.2, 0) is 16.4 Å². The summed E-state index contributed by atoms with van der Waals surface area (Å²) < 4.78 is 26.0. The zero-order valence-corrected chi connectivity index (χ0v) is 10.2. The van der Waals surface area contributed by atoms with Crippen LogP contribution in [0.15, 0.2) is 23.1 Å². The number of nitrogens with one attached hydrogen (secondary N) is 2. The summed E-state index contributed by atoms with van der Waals surface area (Å²) in [6.45, 7) is 0.890. The third kappa shape index (κ3) is 2.60.